The van der Waals surface area contributed by atoms with Crippen molar-refractivity contribution in [3.05, 3.63) is 54.1 Å². The number of para-hydroxylation sites is 2. The van der Waals surface area contributed by atoms with E-state index in [-0.39, 0.29) is 12.5 Å². The Balaban J connectivity index is 2.35. The van der Waals surface area contributed by atoms with Crippen molar-refractivity contribution in [3.8, 4) is 12.3 Å². The molecule has 0 bridgehead atoms. The van der Waals surface area contributed by atoms with Crippen LogP contribution < -0.4 is 0 Å². The third-order valence-corrected chi connectivity index (χ3v) is 3.48. The predicted octanol–water partition coefficient (Wildman–Crippen LogP) is 3.09. The summed E-state index contributed by atoms with van der Waals surface area (Å²) in [5.41, 5.74) is 2.29. The monoisotopic (exact) mass is 274 g/mol. The van der Waals surface area contributed by atoms with E-state index in [1.54, 1.807) is 11.9 Å². The first-order valence-electron chi connectivity index (χ1n) is 6.69. The molecule has 3 aromatic rings. The number of amides is 1. The van der Waals surface area contributed by atoms with Gasteiger partial charge < -0.3 is 4.90 Å². The Bertz CT molecular complexity index is 823. The summed E-state index contributed by atoms with van der Waals surface area (Å²) in [4.78, 5) is 18.9. The lowest BCUT2D eigenvalue weighted by Crippen LogP contribution is -2.27. The normalized spacial score (nSPS) is 10.5. The van der Waals surface area contributed by atoms with Gasteiger partial charge in [-0.2, -0.15) is 0 Å². The molecule has 0 saturated carbocycles. The molecule has 0 spiro atoms. The maximum absolute atomic E-state index is 12.8. The van der Waals surface area contributed by atoms with Crippen molar-refractivity contribution in [3.63, 3.8) is 0 Å². The third-order valence-electron chi connectivity index (χ3n) is 3.48. The second-order valence-electron chi connectivity index (χ2n) is 4.89. The molecule has 21 heavy (non-hydrogen) atoms. The summed E-state index contributed by atoms with van der Waals surface area (Å²) in [5, 5.41) is 1.70. The fourth-order valence-electron chi connectivity index (χ4n) is 2.47. The maximum Gasteiger partial charge on any atom is 0.255 e. The summed E-state index contributed by atoms with van der Waals surface area (Å²) in [7, 11) is 1.71. The van der Waals surface area contributed by atoms with Gasteiger partial charge in [0.25, 0.3) is 5.91 Å². The molecule has 0 fully saturated rings. The lowest BCUT2D eigenvalue weighted by atomic mass is 10.0. The Morgan fingerprint density at radius 2 is 1.62 bits per heavy atom. The largest absolute Gasteiger partial charge is 0.331 e. The number of rotatable bonds is 2. The summed E-state index contributed by atoms with van der Waals surface area (Å²) >= 11 is 0. The molecule has 0 unspecified atom stereocenters. The summed E-state index contributed by atoms with van der Waals surface area (Å²) in [6.07, 6.45) is 5.31. The summed E-state index contributed by atoms with van der Waals surface area (Å²) < 4.78 is 0. The zero-order valence-electron chi connectivity index (χ0n) is 11.7. The Labute approximate surface area is 123 Å². The van der Waals surface area contributed by atoms with Gasteiger partial charge in [-0.25, -0.2) is 4.98 Å². The molecule has 0 aliphatic heterocycles. The number of hydrogen-bond donors (Lipinski definition) is 0. The van der Waals surface area contributed by atoms with E-state index in [4.69, 9.17) is 6.42 Å². The summed E-state index contributed by atoms with van der Waals surface area (Å²) in [6, 6.07) is 15.3. The van der Waals surface area contributed by atoms with Crippen molar-refractivity contribution >= 4 is 27.7 Å². The molecular weight excluding hydrogens is 260 g/mol. The van der Waals surface area contributed by atoms with Crippen LogP contribution in [0, 0.1) is 12.3 Å². The van der Waals surface area contributed by atoms with E-state index in [9.17, 15) is 4.79 Å². The third kappa shape index (κ3) is 2.21. The minimum Gasteiger partial charge on any atom is -0.331 e. The summed E-state index contributed by atoms with van der Waals surface area (Å²) in [6.45, 7) is 0.282. The Morgan fingerprint density at radius 3 is 2.14 bits per heavy atom. The SMILES string of the molecule is C#CCN(C)C(=O)c1c2ccccc2nc2ccccc12. The van der Waals surface area contributed by atoms with Crippen LogP contribution in [0.4, 0.5) is 0 Å². The number of terminal acetylenes is 1. The second kappa shape index (κ2) is 5.26. The molecule has 2 aromatic carbocycles. The minimum absolute atomic E-state index is 0.0808. The zero-order valence-corrected chi connectivity index (χ0v) is 11.7. The van der Waals surface area contributed by atoms with Gasteiger partial charge in [-0.3, -0.25) is 4.79 Å². The number of hydrogen-bond acceptors (Lipinski definition) is 2. The molecule has 0 saturated heterocycles. The van der Waals surface area contributed by atoms with E-state index in [0.29, 0.717) is 5.56 Å². The van der Waals surface area contributed by atoms with Crippen molar-refractivity contribution in [2.45, 2.75) is 0 Å². The number of benzene rings is 2. The quantitative estimate of drug-likeness (QED) is 0.531. The van der Waals surface area contributed by atoms with Crippen LogP contribution >= 0.6 is 0 Å². The average molecular weight is 274 g/mol. The van der Waals surface area contributed by atoms with Crippen LogP contribution in [0.25, 0.3) is 21.8 Å². The van der Waals surface area contributed by atoms with Gasteiger partial charge in [-0.05, 0) is 12.1 Å². The highest BCUT2D eigenvalue weighted by molar-refractivity contribution is 6.16. The molecule has 3 nitrogen and oxygen atoms in total. The van der Waals surface area contributed by atoms with Crippen LogP contribution in [-0.2, 0) is 0 Å². The molecule has 1 amide bonds. The molecular formula is C18H14N2O. The molecule has 1 aromatic heterocycles. The van der Waals surface area contributed by atoms with E-state index in [0.717, 1.165) is 21.8 Å². The van der Waals surface area contributed by atoms with Crippen LogP contribution in [0.1, 0.15) is 10.4 Å². The van der Waals surface area contributed by atoms with E-state index in [1.807, 2.05) is 48.5 Å². The van der Waals surface area contributed by atoms with E-state index in [2.05, 4.69) is 10.9 Å². The first-order chi connectivity index (χ1) is 10.2. The van der Waals surface area contributed by atoms with Crippen LogP contribution in [0.3, 0.4) is 0 Å². The molecule has 0 aliphatic rings. The fraction of sp³-hybridized carbons (Fsp3) is 0.111. The van der Waals surface area contributed by atoms with Crippen LogP contribution in [-0.4, -0.2) is 29.4 Å². The zero-order chi connectivity index (χ0) is 14.8. The average Bonchev–Trinajstić information content (AvgIpc) is 2.52. The van der Waals surface area contributed by atoms with Gasteiger partial charge in [0.2, 0.25) is 0 Å². The van der Waals surface area contributed by atoms with Crippen LogP contribution in [0.2, 0.25) is 0 Å². The van der Waals surface area contributed by atoms with Gasteiger partial charge in [0.05, 0.1) is 23.1 Å². The lowest BCUT2D eigenvalue weighted by molar-refractivity contribution is 0.0816. The number of pyridine rings is 1. The van der Waals surface area contributed by atoms with E-state index in [1.165, 1.54) is 0 Å². The van der Waals surface area contributed by atoms with Crippen molar-refractivity contribution in [2.24, 2.45) is 0 Å². The number of carbonyl (C=O) groups excluding carboxylic acids is 1. The van der Waals surface area contributed by atoms with Crippen molar-refractivity contribution in [1.82, 2.24) is 9.88 Å². The van der Waals surface area contributed by atoms with Crippen molar-refractivity contribution < 1.29 is 4.79 Å². The Morgan fingerprint density at radius 1 is 1.10 bits per heavy atom. The molecule has 3 heteroatoms. The van der Waals surface area contributed by atoms with Crippen LogP contribution in [0.15, 0.2) is 48.5 Å². The van der Waals surface area contributed by atoms with Gasteiger partial charge in [-0.15, -0.1) is 6.42 Å². The first kappa shape index (κ1) is 13.1. The lowest BCUT2D eigenvalue weighted by Gasteiger charge is -2.17. The van der Waals surface area contributed by atoms with Gasteiger partial charge in [0, 0.05) is 17.8 Å². The molecule has 3 rings (SSSR count). The maximum atomic E-state index is 12.8. The molecule has 0 radical (unpaired) electrons. The van der Waals surface area contributed by atoms with Crippen molar-refractivity contribution in [2.75, 3.05) is 13.6 Å². The molecule has 0 atom stereocenters. The summed E-state index contributed by atoms with van der Waals surface area (Å²) in [5.74, 6) is 2.42. The standard InChI is InChI=1S/C18H14N2O/c1-3-12-20(2)18(21)17-13-8-4-6-10-15(13)19-16-11-7-5-9-14(16)17/h1,4-11H,12H2,2H3. The molecule has 0 aliphatic carbocycles. The van der Waals surface area contributed by atoms with Crippen LogP contribution in [0.5, 0.6) is 0 Å². The number of carbonyl (C=O) groups is 1. The first-order valence-corrected chi connectivity index (χ1v) is 6.69. The molecule has 1 heterocycles. The minimum atomic E-state index is -0.0808. The van der Waals surface area contributed by atoms with Gasteiger partial charge in [0.1, 0.15) is 0 Å². The van der Waals surface area contributed by atoms with E-state index >= 15 is 0 Å². The van der Waals surface area contributed by atoms with Gasteiger partial charge >= 0.3 is 0 Å². The topological polar surface area (TPSA) is 33.2 Å². The second-order valence-corrected chi connectivity index (χ2v) is 4.89. The molecule has 102 valence electrons. The number of aromatic nitrogens is 1. The fourth-order valence-corrected chi connectivity index (χ4v) is 2.47. The van der Waals surface area contributed by atoms with Crippen molar-refractivity contribution in [1.29, 1.82) is 0 Å². The van der Waals surface area contributed by atoms with Gasteiger partial charge in [0.15, 0.2) is 0 Å². The van der Waals surface area contributed by atoms with Gasteiger partial charge in [-0.1, -0.05) is 42.3 Å². The van der Waals surface area contributed by atoms with E-state index < -0.39 is 0 Å². The number of fused-ring (bicyclic) bond motifs is 2. The highest BCUT2D eigenvalue weighted by Gasteiger charge is 2.18. The number of nitrogens with zero attached hydrogens (tertiary/aromatic N) is 2. The smallest absolute Gasteiger partial charge is 0.255 e. The Hall–Kier alpha value is -2.86. The Kier molecular flexibility index (Phi) is 3.29. The highest BCUT2D eigenvalue weighted by atomic mass is 16.2. The predicted molar refractivity (Wildman–Crippen MR) is 85.0 cm³/mol. The molecule has 0 N–H and O–H groups in total. The highest BCUT2D eigenvalue weighted by Crippen LogP contribution is 2.26.